The van der Waals surface area contributed by atoms with Crippen LogP contribution in [0.25, 0.3) is 0 Å². The number of piperazine rings is 1. The Morgan fingerprint density at radius 2 is 1.43 bits per heavy atom. The molecule has 0 spiro atoms. The highest BCUT2D eigenvalue weighted by molar-refractivity contribution is 5.95. The summed E-state index contributed by atoms with van der Waals surface area (Å²) in [4.78, 5) is 30.7. The van der Waals surface area contributed by atoms with Crippen LogP contribution < -0.4 is 34.3 Å². The summed E-state index contributed by atoms with van der Waals surface area (Å²) in [5.41, 5.74) is 2.49. The Kier molecular flexibility index (Phi) is 10.4. The maximum Gasteiger partial charge on any atom is 0.338 e. The Balaban J connectivity index is 1.54. The summed E-state index contributed by atoms with van der Waals surface area (Å²) >= 11 is 0. The van der Waals surface area contributed by atoms with Gasteiger partial charge in [0, 0.05) is 50.5 Å². The van der Waals surface area contributed by atoms with E-state index >= 15 is 0 Å². The number of methoxy groups -OCH3 is 5. The summed E-state index contributed by atoms with van der Waals surface area (Å²) in [6.07, 6.45) is 0. The molecule has 42 heavy (non-hydrogen) atoms. The standard InChI is InChI=1S/C30H40N4O8/c1-7-42-29(35)25-21(31-30(36)32-26(25)20-9-8-10-22(37-2)27(20)40-5)18-34-13-11-33(12-14-34)17-19-15-23(38-3)28(41-6)24(16-19)39-4/h8-10,15-16,26H,7,11-14,17-18H2,1-6H3,(H2,31,32,36)/t26-/m1/s1. The number of carbonyl (C=O) groups excluding carboxylic acids is 2. The Hall–Kier alpha value is -4.16. The van der Waals surface area contributed by atoms with E-state index in [9.17, 15) is 9.59 Å². The highest BCUT2D eigenvalue weighted by Crippen LogP contribution is 2.40. The molecular formula is C30H40N4O8. The molecular weight excluding hydrogens is 544 g/mol. The van der Waals surface area contributed by atoms with E-state index < -0.39 is 18.0 Å². The van der Waals surface area contributed by atoms with Crippen molar-refractivity contribution in [1.82, 2.24) is 20.4 Å². The smallest absolute Gasteiger partial charge is 0.338 e. The Morgan fingerprint density at radius 3 is 1.98 bits per heavy atom. The number of hydrogen-bond donors (Lipinski definition) is 2. The lowest BCUT2D eigenvalue weighted by Crippen LogP contribution is -2.51. The third kappa shape index (κ3) is 6.66. The second kappa shape index (κ2) is 14.1. The maximum absolute atomic E-state index is 13.3. The van der Waals surface area contributed by atoms with Crippen LogP contribution in [0, 0.1) is 0 Å². The van der Waals surface area contributed by atoms with Crippen molar-refractivity contribution in [2.45, 2.75) is 19.5 Å². The van der Waals surface area contributed by atoms with Crippen molar-refractivity contribution in [1.29, 1.82) is 0 Å². The first kappa shape index (κ1) is 30.8. The molecule has 1 saturated heterocycles. The molecule has 2 amide bonds. The van der Waals surface area contributed by atoms with E-state index in [2.05, 4.69) is 20.4 Å². The van der Waals surface area contributed by atoms with Gasteiger partial charge in [0.05, 0.1) is 53.8 Å². The van der Waals surface area contributed by atoms with Gasteiger partial charge in [0.25, 0.3) is 0 Å². The fraction of sp³-hybridized carbons (Fsp3) is 0.467. The Labute approximate surface area is 246 Å². The fourth-order valence-electron chi connectivity index (χ4n) is 5.38. The predicted molar refractivity (Wildman–Crippen MR) is 155 cm³/mol. The molecule has 1 atom stereocenters. The zero-order chi connectivity index (χ0) is 30.2. The first-order valence-corrected chi connectivity index (χ1v) is 13.8. The number of rotatable bonds is 12. The van der Waals surface area contributed by atoms with E-state index in [0.717, 1.165) is 31.7 Å². The molecule has 0 radical (unpaired) electrons. The van der Waals surface area contributed by atoms with E-state index in [0.29, 0.717) is 58.7 Å². The number of benzene rings is 2. The van der Waals surface area contributed by atoms with Gasteiger partial charge in [-0.3, -0.25) is 9.80 Å². The molecule has 2 N–H and O–H groups in total. The van der Waals surface area contributed by atoms with Crippen LogP contribution in [0.5, 0.6) is 28.7 Å². The van der Waals surface area contributed by atoms with E-state index in [1.54, 1.807) is 46.5 Å². The van der Waals surface area contributed by atoms with E-state index in [-0.39, 0.29) is 6.61 Å². The van der Waals surface area contributed by atoms with Gasteiger partial charge in [0.1, 0.15) is 0 Å². The molecule has 12 nitrogen and oxygen atoms in total. The van der Waals surface area contributed by atoms with Gasteiger partial charge < -0.3 is 39.1 Å². The lowest BCUT2D eigenvalue weighted by Gasteiger charge is -2.37. The zero-order valence-corrected chi connectivity index (χ0v) is 25.1. The fourth-order valence-corrected chi connectivity index (χ4v) is 5.38. The highest BCUT2D eigenvalue weighted by Gasteiger charge is 2.36. The molecule has 0 aromatic heterocycles. The van der Waals surface area contributed by atoms with Crippen LogP contribution >= 0.6 is 0 Å². The minimum absolute atomic E-state index is 0.200. The summed E-state index contributed by atoms with van der Waals surface area (Å²) in [5.74, 6) is 2.23. The zero-order valence-electron chi connectivity index (χ0n) is 25.1. The number of para-hydroxylation sites is 1. The summed E-state index contributed by atoms with van der Waals surface area (Å²) < 4.78 is 33.0. The molecule has 12 heteroatoms. The lowest BCUT2D eigenvalue weighted by atomic mass is 9.93. The van der Waals surface area contributed by atoms with Crippen molar-refractivity contribution in [3.63, 3.8) is 0 Å². The Morgan fingerprint density at radius 1 is 0.833 bits per heavy atom. The molecule has 4 rings (SSSR count). The molecule has 0 bridgehead atoms. The van der Waals surface area contributed by atoms with Gasteiger partial charge >= 0.3 is 12.0 Å². The monoisotopic (exact) mass is 584 g/mol. The van der Waals surface area contributed by atoms with Gasteiger partial charge in [-0.1, -0.05) is 12.1 Å². The normalized spacial score (nSPS) is 17.7. The number of esters is 1. The number of nitrogens with one attached hydrogen (secondary N) is 2. The average molecular weight is 585 g/mol. The largest absolute Gasteiger partial charge is 0.493 e. The van der Waals surface area contributed by atoms with Crippen LogP contribution in [-0.4, -0.2) is 96.7 Å². The second-order valence-electron chi connectivity index (χ2n) is 9.81. The quantitative estimate of drug-likeness (QED) is 0.361. The average Bonchev–Trinajstić information content (AvgIpc) is 3.00. The molecule has 0 unspecified atom stereocenters. The third-order valence-electron chi connectivity index (χ3n) is 7.37. The summed E-state index contributed by atoms with van der Waals surface area (Å²) in [6, 6.07) is 8.09. The number of urea groups is 1. The van der Waals surface area contributed by atoms with Gasteiger partial charge in [-0.25, -0.2) is 9.59 Å². The molecule has 2 aliphatic heterocycles. The molecule has 2 aromatic carbocycles. The van der Waals surface area contributed by atoms with Crippen LogP contribution in [0.3, 0.4) is 0 Å². The Bertz CT molecular complexity index is 1280. The van der Waals surface area contributed by atoms with Crippen LogP contribution in [0.15, 0.2) is 41.6 Å². The summed E-state index contributed by atoms with van der Waals surface area (Å²) in [5, 5.41) is 5.74. The first-order chi connectivity index (χ1) is 20.4. The molecule has 0 aliphatic carbocycles. The SMILES string of the molecule is CCOC(=O)C1=C(CN2CCN(Cc3cc(OC)c(OC)c(OC)c3)CC2)NC(=O)N[C@@H]1c1cccc(OC)c1OC. The predicted octanol–water partition coefficient (Wildman–Crippen LogP) is 2.72. The summed E-state index contributed by atoms with van der Waals surface area (Å²) in [6.45, 7) is 6.09. The van der Waals surface area contributed by atoms with E-state index in [4.69, 9.17) is 28.4 Å². The lowest BCUT2D eigenvalue weighted by molar-refractivity contribution is -0.139. The number of nitrogens with zero attached hydrogens (tertiary/aromatic N) is 2. The van der Waals surface area contributed by atoms with Crippen molar-refractivity contribution in [3.8, 4) is 28.7 Å². The van der Waals surface area contributed by atoms with Gasteiger partial charge in [-0.05, 0) is 30.7 Å². The number of carbonyl (C=O) groups is 2. The molecule has 2 heterocycles. The number of amides is 2. The second-order valence-corrected chi connectivity index (χ2v) is 9.81. The van der Waals surface area contributed by atoms with Crippen molar-refractivity contribution < 1.29 is 38.0 Å². The molecule has 2 aromatic rings. The molecule has 1 fully saturated rings. The van der Waals surface area contributed by atoms with Gasteiger partial charge in [-0.2, -0.15) is 0 Å². The van der Waals surface area contributed by atoms with Crippen LogP contribution in [0.2, 0.25) is 0 Å². The van der Waals surface area contributed by atoms with Crippen molar-refractivity contribution in [3.05, 3.63) is 52.7 Å². The van der Waals surface area contributed by atoms with Gasteiger partial charge in [0.2, 0.25) is 5.75 Å². The van der Waals surface area contributed by atoms with Gasteiger partial charge in [0.15, 0.2) is 23.0 Å². The van der Waals surface area contributed by atoms with E-state index in [1.165, 1.54) is 14.2 Å². The van der Waals surface area contributed by atoms with Crippen LogP contribution in [0.1, 0.15) is 24.1 Å². The minimum atomic E-state index is -0.779. The van der Waals surface area contributed by atoms with Crippen LogP contribution in [-0.2, 0) is 16.1 Å². The molecule has 228 valence electrons. The summed E-state index contributed by atoms with van der Waals surface area (Å²) in [7, 11) is 7.86. The molecule has 2 aliphatic rings. The van der Waals surface area contributed by atoms with Crippen molar-refractivity contribution in [2.75, 3.05) is 74.9 Å². The van der Waals surface area contributed by atoms with E-state index in [1.807, 2.05) is 12.1 Å². The van der Waals surface area contributed by atoms with Gasteiger partial charge in [-0.15, -0.1) is 0 Å². The highest BCUT2D eigenvalue weighted by atomic mass is 16.5. The van der Waals surface area contributed by atoms with Crippen LogP contribution in [0.4, 0.5) is 4.79 Å². The van der Waals surface area contributed by atoms with Crippen molar-refractivity contribution >= 4 is 12.0 Å². The minimum Gasteiger partial charge on any atom is -0.493 e. The molecule has 0 saturated carbocycles. The first-order valence-electron chi connectivity index (χ1n) is 13.8. The number of ether oxygens (including phenoxy) is 6. The topological polar surface area (TPSA) is 120 Å². The third-order valence-corrected chi connectivity index (χ3v) is 7.37. The van der Waals surface area contributed by atoms with Crippen molar-refractivity contribution in [2.24, 2.45) is 0 Å². The number of hydrogen-bond acceptors (Lipinski definition) is 10. The maximum atomic E-state index is 13.3.